The summed E-state index contributed by atoms with van der Waals surface area (Å²) in [5.74, 6) is 0.111. The Hall–Kier alpha value is -1.85. The first-order valence-electron chi connectivity index (χ1n) is 8.36. The Balaban J connectivity index is 1.52. The zero-order valence-electron chi connectivity index (χ0n) is 13.8. The Morgan fingerprint density at radius 2 is 1.96 bits per heavy atom. The van der Waals surface area contributed by atoms with Gasteiger partial charge in [-0.3, -0.25) is 9.69 Å². The molecular weight excluding hydrogens is 290 g/mol. The molecule has 1 aliphatic rings. The molecule has 2 aromatic rings. The smallest absolute Gasteiger partial charge is 0.270 e. The van der Waals surface area contributed by atoms with Gasteiger partial charge in [0.25, 0.3) is 5.91 Å². The van der Waals surface area contributed by atoms with Crippen LogP contribution < -0.4 is 0 Å². The number of amides is 1. The van der Waals surface area contributed by atoms with Crippen LogP contribution in [-0.2, 0) is 4.74 Å². The molecule has 1 aromatic carbocycles. The maximum atomic E-state index is 12.6. The number of aromatic nitrogens is 1. The largest absolute Gasteiger partial charge is 0.385 e. The lowest BCUT2D eigenvalue weighted by Crippen LogP contribution is -2.48. The Kier molecular flexibility index (Phi) is 5.31. The van der Waals surface area contributed by atoms with Gasteiger partial charge in [0.05, 0.1) is 0 Å². The average Bonchev–Trinajstić information content (AvgIpc) is 3.03. The second-order valence-electron chi connectivity index (χ2n) is 6.10. The summed E-state index contributed by atoms with van der Waals surface area (Å²) in [6.07, 6.45) is 2.26. The third-order valence-electron chi connectivity index (χ3n) is 4.49. The van der Waals surface area contributed by atoms with E-state index in [1.165, 1.54) is 0 Å². The fourth-order valence-corrected chi connectivity index (χ4v) is 3.12. The number of rotatable bonds is 6. The molecule has 0 bridgehead atoms. The SMILES string of the molecule is COCCCCN1CCN(C(=O)c2cc3ccccc3[nH]2)CC1. The number of H-pyrrole nitrogens is 1. The zero-order valence-corrected chi connectivity index (χ0v) is 13.8. The Morgan fingerprint density at radius 1 is 1.17 bits per heavy atom. The van der Waals surface area contributed by atoms with E-state index in [0.29, 0.717) is 5.69 Å². The molecular formula is C18H25N3O2. The second-order valence-corrected chi connectivity index (χ2v) is 6.10. The second kappa shape index (κ2) is 7.62. The fourth-order valence-electron chi connectivity index (χ4n) is 3.12. The number of nitrogens with zero attached hydrogens (tertiary/aromatic N) is 2. The van der Waals surface area contributed by atoms with Gasteiger partial charge in [0.15, 0.2) is 0 Å². The number of methoxy groups -OCH3 is 1. The van der Waals surface area contributed by atoms with E-state index < -0.39 is 0 Å². The lowest BCUT2D eigenvalue weighted by molar-refractivity contribution is 0.0627. The number of hydrogen-bond donors (Lipinski definition) is 1. The highest BCUT2D eigenvalue weighted by Gasteiger charge is 2.22. The fraction of sp³-hybridized carbons (Fsp3) is 0.500. The summed E-state index contributed by atoms with van der Waals surface area (Å²) in [7, 11) is 1.74. The Morgan fingerprint density at radius 3 is 2.70 bits per heavy atom. The quantitative estimate of drug-likeness (QED) is 0.833. The molecule has 1 aliphatic heterocycles. The minimum atomic E-state index is 0.111. The summed E-state index contributed by atoms with van der Waals surface area (Å²) in [5, 5.41) is 1.09. The van der Waals surface area contributed by atoms with E-state index in [-0.39, 0.29) is 5.91 Å². The van der Waals surface area contributed by atoms with Crippen molar-refractivity contribution in [1.29, 1.82) is 0 Å². The standard InChI is InChI=1S/C18H25N3O2/c1-23-13-5-4-8-20-9-11-21(12-10-20)18(22)17-14-15-6-2-3-7-16(15)19-17/h2-3,6-7,14,19H,4-5,8-13H2,1H3. The molecule has 1 saturated heterocycles. The Bertz CT molecular complexity index is 612. The van der Waals surface area contributed by atoms with E-state index in [0.717, 1.165) is 63.1 Å². The number of unbranched alkanes of at least 4 members (excludes halogenated alkanes) is 1. The number of piperazine rings is 1. The number of fused-ring (bicyclic) bond motifs is 1. The minimum absolute atomic E-state index is 0.111. The van der Waals surface area contributed by atoms with Crippen LogP contribution in [-0.4, -0.2) is 67.1 Å². The van der Waals surface area contributed by atoms with Crippen LogP contribution >= 0.6 is 0 Å². The summed E-state index contributed by atoms with van der Waals surface area (Å²) < 4.78 is 5.08. The highest BCUT2D eigenvalue weighted by Crippen LogP contribution is 2.17. The number of benzene rings is 1. The maximum absolute atomic E-state index is 12.6. The molecule has 1 fully saturated rings. The number of aromatic amines is 1. The number of ether oxygens (including phenoxy) is 1. The molecule has 124 valence electrons. The first-order chi connectivity index (χ1) is 11.3. The monoisotopic (exact) mass is 315 g/mol. The van der Waals surface area contributed by atoms with Gasteiger partial charge in [-0.25, -0.2) is 0 Å². The molecule has 0 atom stereocenters. The van der Waals surface area contributed by atoms with Crippen LogP contribution in [0.1, 0.15) is 23.3 Å². The molecule has 0 unspecified atom stereocenters. The predicted octanol–water partition coefficient (Wildman–Crippen LogP) is 2.35. The van der Waals surface area contributed by atoms with E-state index in [2.05, 4.69) is 9.88 Å². The van der Waals surface area contributed by atoms with Crippen LogP contribution in [0.2, 0.25) is 0 Å². The van der Waals surface area contributed by atoms with Crippen molar-refractivity contribution in [3.05, 3.63) is 36.0 Å². The van der Waals surface area contributed by atoms with Crippen LogP contribution in [0.25, 0.3) is 10.9 Å². The van der Waals surface area contributed by atoms with Crippen molar-refractivity contribution < 1.29 is 9.53 Å². The maximum Gasteiger partial charge on any atom is 0.270 e. The van der Waals surface area contributed by atoms with Crippen LogP contribution in [0.3, 0.4) is 0 Å². The van der Waals surface area contributed by atoms with Crippen LogP contribution in [0.5, 0.6) is 0 Å². The lowest BCUT2D eigenvalue weighted by atomic mass is 10.2. The molecule has 2 heterocycles. The van der Waals surface area contributed by atoms with Crippen molar-refractivity contribution in [1.82, 2.24) is 14.8 Å². The molecule has 1 N–H and O–H groups in total. The highest BCUT2D eigenvalue weighted by molar-refractivity contribution is 5.98. The van der Waals surface area contributed by atoms with Crippen molar-refractivity contribution in [2.24, 2.45) is 0 Å². The van der Waals surface area contributed by atoms with Gasteiger partial charge in [-0.15, -0.1) is 0 Å². The molecule has 0 aliphatic carbocycles. The summed E-state index contributed by atoms with van der Waals surface area (Å²) in [6, 6.07) is 9.96. The van der Waals surface area contributed by atoms with Gasteiger partial charge in [-0.1, -0.05) is 18.2 Å². The van der Waals surface area contributed by atoms with E-state index in [4.69, 9.17) is 4.74 Å². The number of nitrogens with one attached hydrogen (secondary N) is 1. The van der Waals surface area contributed by atoms with Crippen LogP contribution in [0.4, 0.5) is 0 Å². The van der Waals surface area contributed by atoms with Gasteiger partial charge in [0.2, 0.25) is 0 Å². The zero-order chi connectivity index (χ0) is 16.1. The summed E-state index contributed by atoms with van der Waals surface area (Å²) >= 11 is 0. The van der Waals surface area contributed by atoms with Gasteiger partial charge >= 0.3 is 0 Å². The van der Waals surface area contributed by atoms with Gasteiger partial charge in [-0.2, -0.15) is 0 Å². The normalized spacial score (nSPS) is 16.1. The molecule has 5 heteroatoms. The summed E-state index contributed by atoms with van der Waals surface area (Å²) in [4.78, 5) is 20.3. The lowest BCUT2D eigenvalue weighted by Gasteiger charge is -2.34. The van der Waals surface area contributed by atoms with Gasteiger partial charge < -0.3 is 14.6 Å². The topological polar surface area (TPSA) is 48.6 Å². The van der Waals surface area contributed by atoms with Gasteiger partial charge in [0.1, 0.15) is 5.69 Å². The summed E-state index contributed by atoms with van der Waals surface area (Å²) in [5.41, 5.74) is 1.72. The molecule has 5 nitrogen and oxygen atoms in total. The van der Waals surface area contributed by atoms with Crippen molar-refractivity contribution in [2.45, 2.75) is 12.8 Å². The molecule has 0 spiro atoms. The van der Waals surface area contributed by atoms with E-state index in [1.807, 2.05) is 35.2 Å². The predicted molar refractivity (Wildman–Crippen MR) is 91.8 cm³/mol. The molecule has 0 radical (unpaired) electrons. The van der Waals surface area contributed by atoms with E-state index in [1.54, 1.807) is 7.11 Å². The number of carbonyl (C=O) groups excluding carboxylic acids is 1. The number of para-hydroxylation sites is 1. The Labute approximate surface area is 137 Å². The van der Waals surface area contributed by atoms with Crippen LogP contribution in [0, 0.1) is 0 Å². The first kappa shape index (κ1) is 16.0. The van der Waals surface area contributed by atoms with E-state index in [9.17, 15) is 4.79 Å². The molecule has 0 saturated carbocycles. The molecule has 1 amide bonds. The average molecular weight is 315 g/mol. The van der Waals surface area contributed by atoms with E-state index >= 15 is 0 Å². The highest BCUT2D eigenvalue weighted by atomic mass is 16.5. The van der Waals surface area contributed by atoms with Crippen molar-refractivity contribution in [3.63, 3.8) is 0 Å². The summed E-state index contributed by atoms with van der Waals surface area (Å²) in [6.45, 7) is 5.45. The minimum Gasteiger partial charge on any atom is -0.385 e. The third kappa shape index (κ3) is 3.92. The van der Waals surface area contributed by atoms with Crippen molar-refractivity contribution in [3.8, 4) is 0 Å². The first-order valence-corrected chi connectivity index (χ1v) is 8.36. The van der Waals surface area contributed by atoms with Crippen molar-refractivity contribution >= 4 is 16.8 Å². The van der Waals surface area contributed by atoms with Crippen LogP contribution in [0.15, 0.2) is 30.3 Å². The van der Waals surface area contributed by atoms with Gasteiger partial charge in [-0.05, 0) is 31.5 Å². The molecule has 23 heavy (non-hydrogen) atoms. The van der Waals surface area contributed by atoms with Gasteiger partial charge in [0, 0.05) is 50.8 Å². The number of hydrogen-bond acceptors (Lipinski definition) is 3. The van der Waals surface area contributed by atoms with Crippen molar-refractivity contribution in [2.75, 3.05) is 46.4 Å². The number of carbonyl (C=O) groups is 1. The molecule has 3 rings (SSSR count). The molecule has 1 aromatic heterocycles. The third-order valence-corrected chi connectivity index (χ3v) is 4.49.